The van der Waals surface area contributed by atoms with Gasteiger partial charge in [-0.25, -0.2) is 8.42 Å². The zero-order valence-corrected chi connectivity index (χ0v) is 13.3. The van der Waals surface area contributed by atoms with Crippen molar-refractivity contribution in [3.8, 4) is 0 Å². The van der Waals surface area contributed by atoms with Gasteiger partial charge < -0.3 is 5.32 Å². The van der Waals surface area contributed by atoms with Crippen LogP contribution in [0.4, 0.5) is 0 Å². The molecule has 0 radical (unpaired) electrons. The molecule has 1 saturated heterocycles. The van der Waals surface area contributed by atoms with Crippen LogP contribution in [0.25, 0.3) is 0 Å². The minimum Gasteiger partial charge on any atom is -0.315 e. The first-order chi connectivity index (χ1) is 9.96. The third kappa shape index (κ3) is 3.51. The van der Waals surface area contributed by atoms with E-state index in [2.05, 4.69) is 5.32 Å². The van der Waals surface area contributed by atoms with Crippen molar-refractivity contribution in [2.24, 2.45) is 0 Å². The number of piperidine rings is 1. The molecule has 0 amide bonds. The Morgan fingerprint density at radius 2 is 2.19 bits per heavy atom. The maximum Gasteiger partial charge on any atom is 0.243 e. The Balaban J connectivity index is 2.34. The van der Waals surface area contributed by atoms with E-state index < -0.39 is 10.0 Å². The summed E-state index contributed by atoms with van der Waals surface area (Å²) in [5.74, 6) is -0.130. The first-order valence-electron chi connectivity index (χ1n) is 7.30. The molecule has 1 aliphatic rings. The Labute approximate surface area is 126 Å². The number of Topliss-reactive ketones (excluding diaryl/α,β-unsaturated/α-hetero) is 1. The van der Waals surface area contributed by atoms with E-state index in [1.165, 1.54) is 13.0 Å². The van der Waals surface area contributed by atoms with Gasteiger partial charge >= 0.3 is 0 Å². The van der Waals surface area contributed by atoms with Gasteiger partial charge in [0, 0.05) is 24.7 Å². The lowest BCUT2D eigenvalue weighted by Gasteiger charge is -2.33. The van der Waals surface area contributed by atoms with Crippen molar-refractivity contribution in [1.29, 1.82) is 0 Å². The summed E-state index contributed by atoms with van der Waals surface area (Å²) in [5, 5.41) is 3.24. The smallest absolute Gasteiger partial charge is 0.243 e. The SMILES string of the molecule is CCN(C1CCCNC1)S(=O)(=O)c1cccc(C(C)=O)c1. The molecule has 1 aliphatic heterocycles. The summed E-state index contributed by atoms with van der Waals surface area (Å²) < 4.78 is 27.2. The Morgan fingerprint density at radius 3 is 2.76 bits per heavy atom. The molecule has 6 heteroatoms. The van der Waals surface area contributed by atoms with Crippen LogP contribution < -0.4 is 5.32 Å². The number of likely N-dealkylation sites (N-methyl/N-ethyl adjacent to an activating group) is 1. The summed E-state index contributed by atoms with van der Waals surface area (Å²) in [5.41, 5.74) is 0.425. The van der Waals surface area contributed by atoms with Gasteiger partial charge in [0.15, 0.2) is 5.78 Å². The Hall–Kier alpha value is -1.24. The summed E-state index contributed by atoms with van der Waals surface area (Å²) in [6.07, 6.45) is 1.84. The van der Waals surface area contributed by atoms with E-state index in [1.807, 2.05) is 6.92 Å². The van der Waals surface area contributed by atoms with Gasteiger partial charge in [0.1, 0.15) is 0 Å². The van der Waals surface area contributed by atoms with E-state index >= 15 is 0 Å². The van der Waals surface area contributed by atoms with Crippen molar-refractivity contribution < 1.29 is 13.2 Å². The first kappa shape index (κ1) is 16.1. The fraction of sp³-hybridized carbons (Fsp3) is 0.533. The van der Waals surface area contributed by atoms with Gasteiger partial charge in [-0.2, -0.15) is 4.31 Å². The van der Waals surface area contributed by atoms with Crippen LogP contribution in [0.1, 0.15) is 37.0 Å². The summed E-state index contributed by atoms with van der Waals surface area (Å²) >= 11 is 0. The number of hydrogen-bond donors (Lipinski definition) is 1. The fourth-order valence-corrected chi connectivity index (χ4v) is 4.42. The number of rotatable bonds is 5. The second-order valence-electron chi connectivity index (χ2n) is 5.29. The molecule has 1 heterocycles. The number of ketones is 1. The molecule has 0 aromatic heterocycles. The Kier molecular flexibility index (Phi) is 5.13. The van der Waals surface area contributed by atoms with Crippen LogP contribution in [0.5, 0.6) is 0 Å². The average Bonchev–Trinajstić information content (AvgIpc) is 2.49. The normalized spacial score (nSPS) is 19.7. The molecule has 0 spiro atoms. The molecule has 5 nitrogen and oxygen atoms in total. The maximum atomic E-state index is 12.8. The van der Waals surface area contributed by atoms with Crippen LogP contribution in [0.15, 0.2) is 29.2 Å². The van der Waals surface area contributed by atoms with E-state index in [1.54, 1.807) is 22.5 Å². The van der Waals surface area contributed by atoms with Gasteiger partial charge in [-0.1, -0.05) is 19.1 Å². The van der Waals surface area contributed by atoms with Crippen molar-refractivity contribution >= 4 is 15.8 Å². The maximum absolute atomic E-state index is 12.8. The molecule has 2 rings (SSSR count). The molecule has 1 atom stereocenters. The zero-order chi connectivity index (χ0) is 15.5. The number of carbonyl (C=O) groups is 1. The number of hydrogen-bond acceptors (Lipinski definition) is 4. The van der Waals surface area contributed by atoms with Crippen molar-refractivity contribution in [1.82, 2.24) is 9.62 Å². The summed E-state index contributed by atoms with van der Waals surface area (Å²) in [6, 6.07) is 6.27. The predicted molar refractivity (Wildman–Crippen MR) is 81.9 cm³/mol. The monoisotopic (exact) mass is 310 g/mol. The number of benzene rings is 1. The first-order valence-corrected chi connectivity index (χ1v) is 8.74. The summed E-state index contributed by atoms with van der Waals surface area (Å²) in [7, 11) is -3.57. The molecule has 1 aromatic carbocycles. The molecule has 0 saturated carbocycles. The lowest BCUT2D eigenvalue weighted by Crippen LogP contribution is -2.48. The minimum atomic E-state index is -3.57. The van der Waals surface area contributed by atoms with Crippen LogP contribution in [0.3, 0.4) is 0 Å². The highest BCUT2D eigenvalue weighted by atomic mass is 32.2. The van der Waals surface area contributed by atoms with Gasteiger partial charge in [-0.3, -0.25) is 4.79 Å². The molecular formula is C15H22N2O3S. The van der Waals surface area contributed by atoms with Crippen LogP contribution in [0.2, 0.25) is 0 Å². The molecule has 1 unspecified atom stereocenters. The largest absolute Gasteiger partial charge is 0.315 e. The molecule has 0 bridgehead atoms. The van der Waals surface area contributed by atoms with E-state index in [-0.39, 0.29) is 16.7 Å². The lowest BCUT2D eigenvalue weighted by atomic mass is 10.1. The highest BCUT2D eigenvalue weighted by Crippen LogP contribution is 2.22. The van der Waals surface area contributed by atoms with Crippen LogP contribution in [0, 0.1) is 0 Å². The number of sulfonamides is 1. The number of carbonyl (C=O) groups excluding carboxylic acids is 1. The molecule has 1 fully saturated rings. The van der Waals surface area contributed by atoms with Gasteiger partial charge in [-0.15, -0.1) is 0 Å². The van der Waals surface area contributed by atoms with Crippen molar-refractivity contribution in [3.63, 3.8) is 0 Å². The van der Waals surface area contributed by atoms with Gasteiger partial charge in [-0.05, 0) is 38.4 Å². The van der Waals surface area contributed by atoms with Gasteiger partial charge in [0.25, 0.3) is 0 Å². The number of nitrogens with one attached hydrogen (secondary N) is 1. The van der Waals surface area contributed by atoms with Crippen molar-refractivity contribution in [2.75, 3.05) is 19.6 Å². The Morgan fingerprint density at radius 1 is 1.43 bits per heavy atom. The Bertz CT molecular complexity index is 607. The molecule has 1 N–H and O–H groups in total. The topological polar surface area (TPSA) is 66.5 Å². The third-order valence-corrected chi connectivity index (χ3v) is 5.86. The quantitative estimate of drug-likeness (QED) is 0.840. The minimum absolute atomic E-state index is 0.0188. The predicted octanol–water partition coefficient (Wildman–Crippen LogP) is 1.65. The summed E-state index contributed by atoms with van der Waals surface area (Å²) in [4.78, 5) is 11.6. The number of nitrogens with zero attached hydrogens (tertiary/aromatic N) is 1. The van der Waals surface area contributed by atoms with Crippen LogP contribution in [-0.2, 0) is 10.0 Å². The summed E-state index contributed by atoms with van der Waals surface area (Å²) in [6.45, 7) is 5.34. The second kappa shape index (κ2) is 6.68. The van der Waals surface area contributed by atoms with Crippen molar-refractivity contribution in [3.05, 3.63) is 29.8 Å². The van der Waals surface area contributed by atoms with Gasteiger partial charge in [0.05, 0.1) is 4.90 Å². The standard InChI is InChI=1S/C15H22N2O3S/c1-3-17(14-7-5-9-16-11-14)21(19,20)15-8-4-6-13(10-15)12(2)18/h4,6,8,10,14,16H,3,5,7,9,11H2,1-2H3. The average molecular weight is 310 g/mol. The van der Waals surface area contributed by atoms with E-state index in [4.69, 9.17) is 0 Å². The third-order valence-electron chi connectivity index (χ3n) is 3.84. The van der Waals surface area contributed by atoms with E-state index in [9.17, 15) is 13.2 Å². The van der Waals surface area contributed by atoms with Gasteiger partial charge in [0.2, 0.25) is 10.0 Å². The van der Waals surface area contributed by atoms with E-state index in [0.29, 0.717) is 18.7 Å². The molecular weight excluding hydrogens is 288 g/mol. The van der Waals surface area contributed by atoms with E-state index in [0.717, 1.165) is 19.4 Å². The molecule has 1 aromatic rings. The molecule has 116 valence electrons. The van der Waals surface area contributed by atoms with Crippen LogP contribution >= 0.6 is 0 Å². The molecule has 0 aliphatic carbocycles. The van der Waals surface area contributed by atoms with Crippen LogP contribution in [-0.4, -0.2) is 44.2 Å². The highest BCUT2D eigenvalue weighted by Gasteiger charge is 2.31. The highest BCUT2D eigenvalue weighted by molar-refractivity contribution is 7.89. The molecule has 21 heavy (non-hydrogen) atoms. The second-order valence-corrected chi connectivity index (χ2v) is 7.18. The van der Waals surface area contributed by atoms with Crippen molar-refractivity contribution in [2.45, 2.75) is 37.6 Å². The lowest BCUT2D eigenvalue weighted by molar-refractivity contribution is 0.101. The fourth-order valence-electron chi connectivity index (χ4n) is 2.71. The zero-order valence-electron chi connectivity index (χ0n) is 12.5.